The first-order valence-electron chi connectivity index (χ1n) is 8.02. The van der Waals surface area contributed by atoms with Crippen LogP contribution in [0.1, 0.15) is 18.1 Å². The van der Waals surface area contributed by atoms with Gasteiger partial charge in [0.05, 0.1) is 6.42 Å². The molecule has 4 nitrogen and oxygen atoms in total. The average molecular weight is 397 g/mol. The molecule has 0 saturated carbocycles. The largest absolute Gasteiger partial charge is 0.357 e. The molecule has 2 amide bonds. The Balaban J connectivity index is 2.30. The van der Waals surface area contributed by atoms with Crippen molar-refractivity contribution in [2.24, 2.45) is 0 Å². The highest BCUT2D eigenvalue weighted by atomic mass is 35.5. The van der Waals surface area contributed by atoms with E-state index in [9.17, 15) is 14.0 Å². The molecule has 2 aromatic carbocycles. The molecule has 1 atom stereocenters. The summed E-state index contributed by atoms with van der Waals surface area (Å²) in [6.07, 6.45) is -0.243. The zero-order chi connectivity index (χ0) is 19.3. The summed E-state index contributed by atoms with van der Waals surface area (Å²) in [5.41, 5.74) is 0.876. The molecule has 0 fully saturated rings. The van der Waals surface area contributed by atoms with Crippen LogP contribution in [-0.2, 0) is 22.6 Å². The lowest BCUT2D eigenvalue weighted by molar-refractivity contribution is -0.139. The molecular weight excluding hydrogens is 378 g/mol. The summed E-state index contributed by atoms with van der Waals surface area (Å²) < 4.78 is 14.0. The zero-order valence-corrected chi connectivity index (χ0v) is 15.9. The first-order chi connectivity index (χ1) is 12.3. The monoisotopic (exact) mass is 396 g/mol. The number of amides is 2. The maximum absolute atomic E-state index is 14.0. The zero-order valence-electron chi connectivity index (χ0n) is 14.4. The van der Waals surface area contributed by atoms with E-state index in [1.54, 1.807) is 31.2 Å². The molecule has 0 saturated heterocycles. The number of nitrogens with one attached hydrogen (secondary N) is 1. The molecule has 26 heavy (non-hydrogen) atoms. The van der Waals surface area contributed by atoms with Crippen LogP contribution in [0.25, 0.3) is 0 Å². The minimum Gasteiger partial charge on any atom is -0.357 e. The molecule has 2 aromatic rings. The van der Waals surface area contributed by atoms with E-state index >= 15 is 0 Å². The van der Waals surface area contributed by atoms with Gasteiger partial charge in [-0.25, -0.2) is 4.39 Å². The van der Waals surface area contributed by atoms with Crippen LogP contribution in [0.2, 0.25) is 10.0 Å². The van der Waals surface area contributed by atoms with Gasteiger partial charge in [0.25, 0.3) is 0 Å². The van der Waals surface area contributed by atoms with Crippen molar-refractivity contribution in [3.05, 3.63) is 69.5 Å². The lowest BCUT2D eigenvalue weighted by Crippen LogP contribution is -2.47. The van der Waals surface area contributed by atoms with Gasteiger partial charge >= 0.3 is 0 Å². The Morgan fingerprint density at radius 1 is 1.19 bits per heavy atom. The fourth-order valence-electron chi connectivity index (χ4n) is 2.58. The third kappa shape index (κ3) is 4.96. The Morgan fingerprint density at radius 2 is 1.88 bits per heavy atom. The Morgan fingerprint density at radius 3 is 2.50 bits per heavy atom. The Labute approximate surface area is 161 Å². The average Bonchev–Trinajstić information content (AvgIpc) is 2.61. The number of likely N-dealkylation sites (N-methyl/N-ethyl adjacent to an activating group) is 1. The molecule has 0 heterocycles. The number of benzene rings is 2. The SMILES string of the molecule is CNC(=O)[C@H](C)N(Cc1cccc(Cl)c1)C(=O)Cc1c(F)cccc1Cl. The molecule has 7 heteroatoms. The molecule has 138 valence electrons. The smallest absolute Gasteiger partial charge is 0.242 e. The summed E-state index contributed by atoms with van der Waals surface area (Å²) in [5, 5.41) is 3.23. The summed E-state index contributed by atoms with van der Waals surface area (Å²) in [6.45, 7) is 1.78. The summed E-state index contributed by atoms with van der Waals surface area (Å²) in [6, 6.07) is 10.5. The van der Waals surface area contributed by atoms with Gasteiger partial charge in [-0.15, -0.1) is 0 Å². The molecule has 0 bridgehead atoms. The van der Waals surface area contributed by atoms with Crippen molar-refractivity contribution in [3.63, 3.8) is 0 Å². The van der Waals surface area contributed by atoms with Crippen LogP contribution < -0.4 is 5.32 Å². The maximum atomic E-state index is 14.0. The van der Waals surface area contributed by atoms with Crippen LogP contribution in [0.4, 0.5) is 4.39 Å². The minimum absolute atomic E-state index is 0.111. The molecule has 1 N–H and O–H groups in total. The minimum atomic E-state index is -0.739. The summed E-state index contributed by atoms with van der Waals surface area (Å²) in [7, 11) is 1.49. The van der Waals surface area contributed by atoms with E-state index in [1.807, 2.05) is 0 Å². The first-order valence-corrected chi connectivity index (χ1v) is 8.77. The van der Waals surface area contributed by atoms with Crippen LogP contribution >= 0.6 is 23.2 Å². The fourth-order valence-corrected chi connectivity index (χ4v) is 3.02. The van der Waals surface area contributed by atoms with Gasteiger partial charge in [0.15, 0.2) is 0 Å². The fraction of sp³-hybridized carbons (Fsp3) is 0.263. The van der Waals surface area contributed by atoms with Gasteiger partial charge in [-0.2, -0.15) is 0 Å². The molecule has 0 spiro atoms. The van der Waals surface area contributed by atoms with Crippen molar-refractivity contribution in [1.29, 1.82) is 0 Å². The van der Waals surface area contributed by atoms with Gasteiger partial charge in [0.1, 0.15) is 11.9 Å². The van der Waals surface area contributed by atoms with Crippen molar-refractivity contribution in [1.82, 2.24) is 10.2 Å². The van der Waals surface area contributed by atoms with Crippen LogP contribution in [0.3, 0.4) is 0 Å². The van der Waals surface area contributed by atoms with Gasteiger partial charge in [-0.3, -0.25) is 9.59 Å². The summed E-state index contributed by atoms with van der Waals surface area (Å²) in [4.78, 5) is 26.3. The highest BCUT2D eigenvalue weighted by Crippen LogP contribution is 2.22. The van der Waals surface area contributed by atoms with Crippen molar-refractivity contribution in [2.45, 2.75) is 25.9 Å². The molecular formula is C19H19Cl2FN2O2. The number of carbonyl (C=O) groups is 2. The highest BCUT2D eigenvalue weighted by Gasteiger charge is 2.26. The van der Waals surface area contributed by atoms with Crippen LogP contribution in [0, 0.1) is 5.82 Å². The Hall–Kier alpha value is -2.11. The predicted molar refractivity (Wildman–Crippen MR) is 101 cm³/mol. The van der Waals surface area contributed by atoms with Crippen molar-refractivity contribution in [3.8, 4) is 0 Å². The topological polar surface area (TPSA) is 49.4 Å². The van der Waals surface area contributed by atoms with E-state index in [0.29, 0.717) is 5.02 Å². The predicted octanol–water partition coefficient (Wildman–Crippen LogP) is 3.84. The molecule has 2 rings (SSSR count). The second-order valence-corrected chi connectivity index (χ2v) is 6.66. The quantitative estimate of drug-likeness (QED) is 0.806. The van der Waals surface area contributed by atoms with Gasteiger partial charge < -0.3 is 10.2 Å². The highest BCUT2D eigenvalue weighted by molar-refractivity contribution is 6.31. The van der Waals surface area contributed by atoms with Crippen LogP contribution in [-0.4, -0.2) is 29.8 Å². The molecule has 0 aromatic heterocycles. The van der Waals surface area contributed by atoms with Gasteiger partial charge in [0, 0.05) is 29.2 Å². The van der Waals surface area contributed by atoms with E-state index < -0.39 is 17.8 Å². The van der Waals surface area contributed by atoms with Crippen LogP contribution in [0.5, 0.6) is 0 Å². The summed E-state index contributed by atoms with van der Waals surface area (Å²) >= 11 is 12.0. The second kappa shape index (κ2) is 9.01. The van der Waals surface area contributed by atoms with E-state index in [4.69, 9.17) is 23.2 Å². The summed E-state index contributed by atoms with van der Waals surface area (Å²) in [5.74, 6) is -1.28. The lowest BCUT2D eigenvalue weighted by atomic mass is 10.1. The number of carbonyl (C=O) groups excluding carboxylic acids is 2. The number of rotatable bonds is 6. The third-order valence-corrected chi connectivity index (χ3v) is 4.63. The van der Waals surface area contributed by atoms with Crippen LogP contribution in [0.15, 0.2) is 42.5 Å². The Kier molecular flexibility index (Phi) is 7.00. The molecule has 0 unspecified atom stereocenters. The van der Waals surface area contributed by atoms with E-state index in [2.05, 4.69) is 5.32 Å². The molecule has 0 aliphatic rings. The number of halogens is 3. The van der Waals surface area contributed by atoms with Gasteiger partial charge in [-0.1, -0.05) is 41.4 Å². The van der Waals surface area contributed by atoms with Crippen molar-refractivity contribution in [2.75, 3.05) is 7.05 Å². The lowest BCUT2D eigenvalue weighted by Gasteiger charge is -2.28. The van der Waals surface area contributed by atoms with Crippen molar-refractivity contribution < 1.29 is 14.0 Å². The Bertz CT molecular complexity index is 794. The van der Waals surface area contributed by atoms with E-state index in [1.165, 1.54) is 30.1 Å². The number of nitrogens with zero attached hydrogens (tertiary/aromatic N) is 1. The first kappa shape index (κ1) is 20.2. The van der Waals surface area contributed by atoms with Crippen molar-refractivity contribution >= 4 is 35.0 Å². The van der Waals surface area contributed by atoms with Gasteiger partial charge in [-0.05, 0) is 36.8 Å². The standard InChI is InChI=1S/C19H19Cl2FN2O2/c1-12(19(26)23-2)24(11-13-5-3-6-14(20)9-13)18(25)10-15-16(21)7-4-8-17(15)22/h3-9,12H,10-11H2,1-2H3,(H,23,26)/t12-/m0/s1. The molecule has 0 aliphatic heterocycles. The molecule has 0 aliphatic carbocycles. The number of hydrogen-bond donors (Lipinski definition) is 1. The second-order valence-electron chi connectivity index (χ2n) is 5.82. The van der Waals surface area contributed by atoms with Gasteiger partial charge in [0.2, 0.25) is 11.8 Å². The van der Waals surface area contributed by atoms with E-state index in [-0.39, 0.29) is 29.5 Å². The molecule has 0 radical (unpaired) electrons. The third-order valence-electron chi connectivity index (χ3n) is 4.05. The number of hydrogen-bond acceptors (Lipinski definition) is 2. The normalized spacial score (nSPS) is 11.7. The van der Waals surface area contributed by atoms with E-state index in [0.717, 1.165) is 5.56 Å². The maximum Gasteiger partial charge on any atom is 0.242 e.